The molecule has 3 atom stereocenters. The molecule has 0 saturated heterocycles. The summed E-state index contributed by atoms with van der Waals surface area (Å²) in [5.41, 5.74) is 7.60. The molecule has 8 N–H and O–H groups in total. The van der Waals surface area contributed by atoms with Crippen LogP contribution in [0, 0.1) is 0 Å². The summed E-state index contributed by atoms with van der Waals surface area (Å²) in [7, 11) is 0. The number of carbonyl (C=O) groups is 4. The first-order valence-electron chi connectivity index (χ1n) is 8.34. The third-order valence-electron chi connectivity index (χ3n) is 3.61. The number of hydrogen-bond acceptors (Lipinski definition) is 6. The monoisotopic (exact) mass is 359 g/mol. The smallest absolute Gasteiger partial charge is 0.303 e. The van der Waals surface area contributed by atoms with Crippen molar-refractivity contribution in [3.05, 3.63) is 0 Å². The molecule has 0 spiro atoms. The Balaban J connectivity index is 5.06. The highest BCUT2D eigenvalue weighted by atomic mass is 16.4. The number of rotatable bonds is 13. The molecule has 0 aliphatic heterocycles. The van der Waals surface area contributed by atoms with Gasteiger partial charge in [-0.15, -0.1) is 0 Å². The Kier molecular flexibility index (Phi) is 11.1. The molecule has 3 amide bonds. The number of nitrogens with one attached hydrogen (secondary N) is 3. The maximum atomic E-state index is 12.4. The van der Waals surface area contributed by atoms with E-state index >= 15 is 0 Å². The van der Waals surface area contributed by atoms with E-state index in [1.807, 2.05) is 13.8 Å². The van der Waals surface area contributed by atoms with Crippen LogP contribution in [0.4, 0.5) is 0 Å². The van der Waals surface area contributed by atoms with Gasteiger partial charge in [0.1, 0.15) is 12.1 Å². The molecule has 0 aliphatic rings. The van der Waals surface area contributed by atoms with Gasteiger partial charge in [0.25, 0.3) is 0 Å². The average molecular weight is 359 g/mol. The normalized spacial score (nSPS) is 14.2. The fraction of sp³-hybridized carbons (Fsp3) is 0.733. The van der Waals surface area contributed by atoms with Gasteiger partial charge >= 0.3 is 5.97 Å². The van der Waals surface area contributed by atoms with E-state index in [4.69, 9.17) is 16.7 Å². The lowest BCUT2D eigenvalue weighted by molar-refractivity contribution is -0.138. The van der Waals surface area contributed by atoms with Gasteiger partial charge in [-0.25, -0.2) is 5.43 Å². The molecule has 0 aromatic rings. The number of hydrazine groups is 1. The molecule has 0 bridgehead atoms. The predicted octanol–water partition coefficient (Wildman–Crippen LogP) is -1.26. The standard InChI is InChI=1S/C15H29N5O5/c1-3-5-9(13(16)23)18-14(24)10(7-8-12(21)22)19-15(25)11(20-17)6-4-2/h9-11,20H,3-8,17H2,1-2H3,(H2,16,23)(H,18,24)(H,19,25)(H,21,22). The van der Waals surface area contributed by atoms with Crippen LogP contribution in [0.3, 0.4) is 0 Å². The fourth-order valence-corrected chi connectivity index (χ4v) is 2.23. The number of carbonyl (C=O) groups excluding carboxylic acids is 3. The molecule has 144 valence electrons. The van der Waals surface area contributed by atoms with Gasteiger partial charge in [-0.3, -0.25) is 25.0 Å². The van der Waals surface area contributed by atoms with E-state index < -0.39 is 41.8 Å². The molecule has 0 aliphatic carbocycles. The van der Waals surface area contributed by atoms with E-state index in [1.54, 1.807) is 0 Å². The summed E-state index contributed by atoms with van der Waals surface area (Å²) in [6, 6.07) is -2.68. The van der Waals surface area contributed by atoms with E-state index in [2.05, 4.69) is 16.1 Å². The summed E-state index contributed by atoms with van der Waals surface area (Å²) in [4.78, 5) is 46.7. The molecule has 0 fully saturated rings. The van der Waals surface area contributed by atoms with Gasteiger partial charge in [0.2, 0.25) is 17.7 Å². The first-order chi connectivity index (χ1) is 11.8. The lowest BCUT2D eigenvalue weighted by Crippen LogP contribution is -2.56. The molecule has 10 nitrogen and oxygen atoms in total. The Morgan fingerprint density at radius 3 is 1.80 bits per heavy atom. The van der Waals surface area contributed by atoms with Gasteiger partial charge in [-0.05, 0) is 19.3 Å². The van der Waals surface area contributed by atoms with E-state index in [0.717, 1.165) is 0 Å². The van der Waals surface area contributed by atoms with Crippen molar-refractivity contribution in [1.82, 2.24) is 16.1 Å². The van der Waals surface area contributed by atoms with E-state index in [-0.39, 0.29) is 12.8 Å². The van der Waals surface area contributed by atoms with Crippen LogP contribution in [0.1, 0.15) is 52.4 Å². The summed E-state index contributed by atoms with van der Waals surface area (Å²) in [5, 5.41) is 13.8. The van der Waals surface area contributed by atoms with Crippen molar-refractivity contribution < 1.29 is 24.3 Å². The zero-order chi connectivity index (χ0) is 19.4. The van der Waals surface area contributed by atoms with Gasteiger partial charge < -0.3 is 21.5 Å². The minimum atomic E-state index is -1.10. The van der Waals surface area contributed by atoms with Crippen molar-refractivity contribution >= 4 is 23.7 Å². The van der Waals surface area contributed by atoms with Crippen LogP contribution < -0.4 is 27.6 Å². The van der Waals surface area contributed by atoms with Gasteiger partial charge in [0.15, 0.2) is 0 Å². The summed E-state index contributed by atoms with van der Waals surface area (Å²) >= 11 is 0. The maximum Gasteiger partial charge on any atom is 0.303 e. The van der Waals surface area contributed by atoms with Crippen LogP contribution in [0.15, 0.2) is 0 Å². The first kappa shape index (κ1) is 22.8. The number of primary amides is 1. The highest BCUT2D eigenvalue weighted by Gasteiger charge is 2.27. The van der Waals surface area contributed by atoms with Crippen molar-refractivity contribution in [2.24, 2.45) is 11.6 Å². The van der Waals surface area contributed by atoms with Crippen LogP contribution in [0.5, 0.6) is 0 Å². The van der Waals surface area contributed by atoms with Crippen LogP contribution >= 0.6 is 0 Å². The van der Waals surface area contributed by atoms with Crippen molar-refractivity contribution in [3.8, 4) is 0 Å². The van der Waals surface area contributed by atoms with Crippen molar-refractivity contribution in [3.63, 3.8) is 0 Å². The van der Waals surface area contributed by atoms with Crippen molar-refractivity contribution in [1.29, 1.82) is 0 Å². The topological polar surface area (TPSA) is 177 Å². The summed E-state index contributed by atoms with van der Waals surface area (Å²) in [6.45, 7) is 3.70. The predicted molar refractivity (Wildman–Crippen MR) is 90.9 cm³/mol. The molecular formula is C15H29N5O5. The number of nitrogens with two attached hydrogens (primary N) is 2. The van der Waals surface area contributed by atoms with Crippen molar-refractivity contribution in [2.75, 3.05) is 0 Å². The number of aliphatic carboxylic acids is 1. The van der Waals surface area contributed by atoms with Gasteiger partial charge in [-0.2, -0.15) is 0 Å². The minimum absolute atomic E-state index is 0.117. The Bertz CT molecular complexity index is 471. The molecule has 10 heteroatoms. The van der Waals surface area contributed by atoms with Crippen LogP contribution in [-0.2, 0) is 19.2 Å². The lowest BCUT2D eigenvalue weighted by Gasteiger charge is -2.23. The van der Waals surface area contributed by atoms with Crippen molar-refractivity contribution in [2.45, 2.75) is 70.5 Å². The molecule has 0 saturated carbocycles. The molecule has 0 aromatic carbocycles. The van der Waals surface area contributed by atoms with Gasteiger partial charge in [-0.1, -0.05) is 26.7 Å². The second-order valence-electron chi connectivity index (χ2n) is 5.75. The molecule has 3 unspecified atom stereocenters. The fourth-order valence-electron chi connectivity index (χ4n) is 2.23. The van der Waals surface area contributed by atoms with E-state index in [0.29, 0.717) is 25.7 Å². The largest absolute Gasteiger partial charge is 0.481 e. The second-order valence-corrected chi connectivity index (χ2v) is 5.75. The van der Waals surface area contributed by atoms with Crippen LogP contribution in [-0.4, -0.2) is 46.9 Å². The summed E-state index contributed by atoms with van der Waals surface area (Å²) < 4.78 is 0. The molecular weight excluding hydrogens is 330 g/mol. The second kappa shape index (κ2) is 12.2. The Morgan fingerprint density at radius 2 is 1.36 bits per heavy atom. The number of amides is 3. The van der Waals surface area contributed by atoms with Crippen LogP contribution in [0.25, 0.3) is 0 Å². The number of hydrogen-bond donors (Lipinski definition) is 6. The quantitative estimate of drug-likeness (QED) is 0.175. The highest BCUT2D eigenvalue weighted by Crippen LogP contribution is 2.04. The Labute approximate surface area is 147 Å². The molecule has 0 rings (SSSR count). The third kappa shape index (κ3) is 9.01. The maximum absolute atomic E-state index is 12.4. The van der Waals surface area contributed by atoms with Gasteiger partial charge in [0.05, 0.1) is 6.04 Å². The molecule has 0 aromatic heterocycles. The SMILES string of the molecule is CCCC(NC(=O)C(CCC(=O)O)NC(=O)C(CCC)NN)C(N)=O. The van der Waals surface area contributed by atoms with Gasteiger partial charge in [0, 0.05) is 6.42 Å². The molecule has 0 radical (unpaired) electrons. The average Bonchev–Trinajstić information content (AvgIpc) is 2.55. The third-order valence-corrected chi connectivity index (χ3v) is 3.61. The number of carboxylic acids is 1. The highest BCUT2D eigenvalue weighted by molar-refractivity contribution is 5.92. The van der Waals surface area contributed by atoms with E-state index in [1.165, 1.54) is 0 Å². The summed E-state index contributed by atoms with van der Waals surface area (Å²) in [5.74, 6) is 2.37. The number of carboxylic acid groups (broad SMARTS) is 1. The first-order valence-corrected chi connectivity index (χ1v) is 8.34. The Morgan fingerprint density at radius 1 is 0.880 bits per heavy atom. The minimum Gasteiger partial charge on any atom is -0.481 e. The zero-order valence-electron chi connectivity index (χ0n) is 14.7. The molecule has 0 heterocycles. The summed E-state index contributed by atoms with van der Waals surface area (Å²) in [6.07, 6.45) is 1.68. The van der Waals surface area contributed by atoms with Crippen LogP contribution in [0.2, 0.25) is 0 Å². The zero-order valence-corrected chi connectivity index (χ0v) is 14.7. The molecule has 25 heavy (non-hydrogen) atoms. The van der Waals surface area contributed by atoms with E-state index in [9.17, 15) is 19.2 Å². The Hall–Kier alpha value is -2.20. The lowest BCUT2D eigenvalue weighted by atomic mass is 10.1.